The van der Waals surface area contributed by atoms with Crippen molar-refractivity contribution in [2.75, 3.05) is 38.2 Å². The Morgan fingerprint density at radius 2 is 1.86 bits per heavy atom. The van der Waals surface area contributed by atoms with Crippen molar-refractivity contribution in [3.63, 3.8) is 0 Å². The second-order valence-electron chi connectivity index (χ2n) is 6.75. The predicted octanol–water partition coefficient (Wildman–Crippen LogP) is 0.580. The van der Waals surface area contributed by atoms with Crippen LogP contribution in [0.2, 0.25) is 0 Å². The fourth-order valence-electron chi connectivity index (χ4n) is 2.97. The van der Waals surface area contributed by atoms with Crippen molar-refractivity contribution in [3.8, 4) is 0 Å². The molecule has 0 radical (unpaired) electrons. The molecule has 2 N–H and O–H groups in total. The van der Waals surface area contributed by atoms with E-state index >= 15 is 0 Å². The molecule has 9 nitrogen and oxygen atoms in total. The van der Waals surface area contributed by atoms with Gasteiger partial charge >= 0.3 is 0 Å². The van der Waals surface area contributed by atoms with E-state index in [0.29, 0.717) is 45.0 Å². The van der Waals surface area contributed by atoms with Crippen molar-refractivity contribution in [3.05, 3.63) is 47.7 Å². The number of ether oxygens (including phenoxy) is 1. The standard InChI is InChI=1S/C20H25N5O4/c1-24-17(22-18(26)8-7-15-5-3-2-4-6-15)13-16(23-24)20(28)21-14-19(27)25-9-11-29-12-10-25/h2-6,13H,7-12,14H2,1H3,(H,21,28)(H,22,26). The second-order valence-corrected chi connectivity index (χ2v) is 6.75. The quantitative estimate of drug-likeness (QED) is 0.709. The topological polar surface area (TPSA) is 106 Å². The van der Waals surface area contributed by atoms with E-state index in [2.05, 4.69) is 15.7 Å². The number of hydrogen-bond donors (Lipinski definition) is 2. The molecular formula is C20H25N5O4. The van der Waals surface area contributed by atoms with Gasteiger partial charge < -0.3 is 20.3 Å². The normalized spacial score (nSPS) is 13.8. The minimum atomic E-state index is -0.466. The maximum Gasteiger partial charge on any atom is 0.272 e. The number of anilines is 1. The first-order valence-electron chi connectivity index (χ1n) is 9.54. The average Bonchev–Trinajstić information content (AvgIpc) is 3.12. The Bertz CT molecular complexity index is 859. The Morgan fingerprint density at radius 1 is 1.14 bits per heavy atom. The molecule has 0 saturated carbocycles. The zero-order chi connectivity index (χ0) is 20.6. The van der Waals surface area contributed by atoms with Gasteiger partial charge in [-0.1, -0.05) is 30.3 Å². The van der Waals surface area contributed by atoms with E-state index < -0.39 is 5.91 Å². The summed E-state index contributed by atoms with van der Waals surface area (Å²) in [6, 6.07) is 11.2. The molecule has 1 aromatic heterocycles. The third-order valence-electron chi connectivity index (χ3n) is 4.63. The average molecular weight is 399 g/mol. The molecule has 0 bridgehead atoms. The number of amides is 3. The highest BCUT2D eigenvalue weighted by atomic mass is 16.5. The summed E-state index contributed by atoms with van der Waals surface area (Å²) in [6.07, 6.45) is 0.951. The summed E-state index contributed by atoms with van der Waals surface area (Å²) >= 11 is 0. The molecule has 154 valence electrons. The summed E-state index contributed by atoms with van der Waals surface area (Å²) in [4.78, 5) is 38.3. The third-order valence-corrected chi connectivity index (χ3v) is 4.63. The van der Waals surface area contributed by atoms with Crippen LogP contribution in [0.1, 0.15) is 22.5 Å². The first-order chi connectivity index (χ1) is 14.0. The van der Waals surface area contributed by atoms with E-state index in [4.69, 9.17) is 4.74 Å². The van der Waals surface area contributed by atoms with Crippen molar-refractivity contribution in [1.82, 2.24) is 20.0 Å². The highest BCUT2D eigenvalue weighted by molar-refractivity contribution is 5.97. The molecule has 0 spiro atoms. The Kier molecular flexibility index (Phi) is 6.96. The maximum atomic E-state index is 12.3. The summed E-state index contributed by atoms with van der Waals surface area (Å²) in [5.74, 6) is -0.363. The Hall–Kier alpha value is -3.20. The highest BCUT2D eigenvalue weighted by Crippen LogP contribution is 2.11. The Balaban J connectivity index is 1.48. The number of hydrogen-bond acceptors (Lipinski definition) is 5. The molecule has 0 atom stereocenters. The molecule has 1 fully saturated rings. The Morgan fingerprint density at radius 3 is 2.59 bits per heavy atom. The molecule has 9 heteroatoms. The summed E-state index contributed by atoms with van der Waals surface area (Å²) in [5, 5.41) is 9.46. The molecule has 29 heavy (non-hydrogen) atoms. The molecular weight excluding hydrogens is 374 g/mol. The van der Waals surface area contributed by atoms with Crippen LogP contribution in [0.5, 0.6) is 0 Å². The summed E-state index contributed by atoms with van der Waals surface area (Å²) in [7, 11) is 1.64. The van der Waals surface area contributed by atoms with Gasteiger partial charge in [0.05, 0.1) is 19.8 Å². The third kappa shape index (κ3) is 5.89. The van der Waals surface area contributed by atoms with Gasteiger partial charge in [0.1, 0.15) is 5.82 Å². The second kappa shape index (κ2) is 9.83. The minimum Gasteiger partial charge on any atom is -0.378 e. The molecule has 2 heterocycles. The zero-order valence-corrected chi connectivity index (χ0v) is 16.4. The number of benzene rings is 1. The SMILES string of the molecule is Cn1nc(C(=O)NCC(=O)N2CCOCC2)cc1NC(=O)CCc1ccccc1. The largest absolute Gasteiger partial charge is 0.378 e. The lowest BCUT2D eigenvalue weighted by atomic mass is 10.1. The lowest BCUT2D eigenvalue weighted by Gasteiger charge is -2.26. The van der Waals surface area contributed by atoms with Gasteiger partial charge in [-0.05, 0) is 12.0 Å². The number of aryl methyl sites for hydroxylation is 2. The van der Waals surface area contributed by atoms with Crippen molar-refractivity contribution in [2.24, 2.45) is 7.05 Å². The number of carbonyl (C=O) groups is 3. The van der Waals surface area contributed by atoms with Gasteiger partial charge in [0.25, 0.3) is 5.91 Å². The van der Waals surface area contributed by atoms with Crippen molar-refractivity contribution in [2.45, 2.75) is 12.8 Å². The first kappa shape index (κ1) is 20.5. The van der Waals surface area contributed by atoms with E-state index in [1.165, 1.54) is 10.7 Å². The van der Waals surface area contributed by atoms with Crippen molar-refractivity contribution in [1.29, 1.82) is 0 Å². The molecule has 0 aliphatic carbocycles. The summed E-state index contributed by atoms with van der Waals surface area (Å²) in [6.45, 7) is 1.96. The number of aromatic nitrogens is 2. The summed E-state index contributed by atoms with van der Waals surface area (Å²) in [5.41, 5.74) is 1.22. The minimum absolute atomic E-state index is 0.103. The van der Waals surface area contributed by atoms with E-state index in [0.717, 1.165) is 5.56 Å². The van der Waals surface area contributed by atoms with E-state index in [1.54, 1.807) is 11.9 Å². The van der Waals surface area contributed by atoms with Crippen LogP contribution in [-0.2, 0) is 27.8 Å². The zero-order valence-electron chi connectivity index (χ0n) is 16.4. The van der Waals surface area contributed by atoms with Crippen LogP contribution in [0.3, 0.4) is 0 Å². The smallest absolute Gasteiger partial charge is 0.272 e. The van der Waals surface area contributed by atoms with Gasteiger partial charge in [0, 0.05) is 32.6 Å². The van der Waals surface area contributed by atoms with Crippen LogP contribution in [-0.4, -0.2) is 65.2 Å². The predicted molar refractivity (Wildman–Crippen MR) is 106 cm³/mol. The van der Waals surface area contributed by atoms with E-state index in [9.17, 15) is 14.4 Å². The van der Waals surface area contributed by atoms with Gasteiger partial charge in [-0.3, -0.25) is 19.1 Å². The van der Waals surface area contributed by atoms with Crippen LogP contribution in [0.4, 0.5) is 5.82 Å². The van der Waals surface area contributed by atoms with Gasteiger partial charge in [-0.25, -0.2) is 0 Å². The number of nitrogens with zero attached hydrogens (tertiary/aromatic N) is 3. The molecule has 3 amide bonds. The van der Waals surface area contributed by atoms with Gasteiger partial charge in [-0.2, -0.15) is 5.10 Å². The number of morpholine rings is 1. The molecule has 2 aromatic rings. The molecule has 1 aliphatic heterocycles. The number of rotatable bonds is 7. The fraction of sp³-hybridized carbons (Fsp3) is 0.400. The molecule has 1 aliphatic rings. The van der Waals surface area contributed by atoms with Crippen LogP contribution >= 0.6 is 0 Å². The van der Waals surface area contributed by atoms with Crippen LogP contribution in [0.25, 0.3) is 0 Å². The van der Waals surface area contributed by atoms with E-state index in [-0.39, 0.29) is 24.1 Å². The Labute approximate surface area is 169 Å². The first-order valence-corrected chi connectivity index (χ1v) is 9.54. The van der Waals surface area contributed by atoms with Crippen LogP contribution in [0.15, 0.2) is 36.4 Å². The van der Waals surface area contributed by atoms with Gasteiger partial charge in [0.15, 0.2) is 5.69 Å². The van der Waals surface area contributed by atoms with Gasteiger partial charge in [0.2, 0.25) is 11.8 Å². The number of carbonyl (C=O) groups excluding carboxylic acids is 3. The van der Waals surface area contributed by atoms with Crippen molar-refractivity contribution < 1.29 is 19.1 Å². The highest BCUT2D eigenvalue weighted by Gasteiger charge is 2.19. The molecule has 3 rings (SSSR count). The van der Waals surface area contributed by atoms with Crippen LogP contribution < -0.4 is 10.6 Å². The molecule has 0 unspecified atom stereocenters. The van der Waals surface area contributed by atoms with Crippen LogP contribution in [0, 0.1) is 0 Å². The lowest BCUT2D eigenvalue weighted by Crippen LogP contribution is -2.45. The lowest BCUT2D eigenvalue weighted by molar-refractivity contribution is -0.134. The monoisotopic (exact) mass is 399 g/mol. The number of nitrogens with one attached hydrogen (secondary N) is 2. The maximum absolute atomic E-state index is 12.3. The molecule has 1 aromatic carbocycles. The molecule has 1 saturated heterocycles. The fourth-order valence-corrected chi connectivity index (χ4v) is 2.97. The van der Waals surface area contributed by atoms with Crippen molar-refractivity contribution >= 4 is 23.5 Å². The summed E-state index contributed by atoms with van der Waals surface area (Å²) < 4.78 is 6.64. The van der Waals surface area contributed by atoms with Gasteiger partial charge in [-0.15, -0.1) is 0 Å². The van der Waals surface area contributed by atoms with E-state index in [1.807, 2.05) is 30.3 Å².